The third-order valence-corrected chi connectivity index (χ3v) is 5.77. The molecular formula is C11H13Br2NO2S. The second-order valence-corrected chi connectivity index (χ2v) is 8.02. The summed E-state index contributed by atoms with van der Waals surface area (Å²) in [6.07, 6.45) is 2.38. The molecule has 0 bridgehead atoms. The first kappa shape index (κ1) is 13.5. The Kier molecular flexibility index (Phi) is 4.28. The average Bonchev–Trinajstić information content (AvgIpc) is 3.10. The summed E-state index contributed by atoms with van der Waals surface area (Å²) in [4.78, 5) is 0.545. The fourth-order valence-electron chi connectivity index (χ4n) is 1.51. The molecule has 6 heteroatoms. The van der Waals surface area contributed by atoms with E-state index >= 15 is 0 Å². The zero-order valence-corrected chi connectivity index (χ0v) is 13.1. The molecule has 1 aliphatic carbocycles. The van der Waals surface area contributed by atoms with E-state index in [0.29, 0.717) is 17.4 Å². The molecule has 0 radical (unpaired) electrons. The number of alkyl halides is 1. The van der Waals surface area contributed by atoms with Gasteiger partial charge in [0, 0.05) is 15.8 Å². The second-order valence-electron chi connectivity index (χ2n) is 4.16. The summed E-state index contributed by atoms with van der Waals surface area (Å²) < 4.78 is 27.4. The summed E-state index contributed by atoms with van der Waals surface area (Å²) in [7, 11) is -3.38. The highest BCUT2D eigenvalue weighted by Crippen LogP contribution is 2.36. The van der Waals surface area contributed by atoms with Crippen LogP contribution in [0.15, 0.2) is 33.6 Å². The van der Waals surface area contributed by atoms with Crippen molar-refractivity contribution < 1.29 is 8.42 Å². The van der Waals surface area contributed by atoms with E-state index in [-0.39, 0.29) is 4.83 Å². The third-order valence-electron chi connectivity index (χ3n) is 2.73. The van der Waals surface area contributed by atoms with Gasteiger partial charge in [0.25, 0.3) is 0 Å². The Bertz CT molecular complexity index is 483. The number of rotatable bonds is 5. The molecule has 0 spiro atoms. The molecule has 1 saturated carbocycles. The summed E-state index contributed by atoms with van der Waals surface area (Å²) in [6.45, 7) is 0.447. The first-order valence-electron chi connectivity index (χ1n) is 5.38. The van der Waals surface area contributed by atoms with Crippen molar-refractivity contribution in [3.63, 3.8) is 0 Å². The Morgan fingerprint density at radius 1 is 1.29 bits per heavy atom. The lowest BCUT2D eigenvalue weighted by Gasteiger charge is -2.10. The fourth-order valence-corrected chi connectivity index (χ4v) is 3.74. The molecule has 0 heterocycles. The molecule has 2 rings (SSSR count). The summed E-state index contributed by atoms with van der Waals surface area (Å²) >= 11 is 6.79. The van der Waals surface area contributed by atoms with Crippen LogP contribution in [-0.2, 0) is 10.0 Å². The van der Waals surface area contributed by atoms with E-state index in [9.17, 15) is 8.42 Å². The van der Waals surface area contributed by atoms with Gasteiger partial charge >= 0.3 is 0 Å². The summed E-state index contributed by atoms with van der Waals surface area (Å²) in [5.41, 5.74) is 0. The minimum atomic E-state index is -3.38. The minimum Gasteiger partial charge on any atom is -0.210 e. The third kappa shape index (κ3) is 3.77. The van der Waals surface area contributed by atoms with Crippen LogP contribution in [0.25, 0.3) is 0 Å². The Balaban J connectivity index is 2.00. The molecule has 0 saturated heterocycles. The van der Waals surface area contributed by atoms with E-state index in [1.165, 1.54) is 12.8 Å². The number of benzene rings is 1. The molecule has 17 heavy (non-hydrogen) atoms. The lowest BCUT2D eigenvalue weighted by molar-refractivity contribution is 0.578. The Hall–Kier alpha value is 0.0900. The highest BCUT2D eigenvalue weighted by molar-refractivity contribution is 9.10. The molecule has 1 unspecified atom stereocenters. The van der Waals surface area contributed by atoms with E-state index < -0.39 is 10.0 Å². The topological polar surface area (TPSA) is 46.2 Å². The first-order chi connectivity index (χ1) is 7.99. The van der Waals surface area contributed by atoms with Gasteiger partial charge in [-0.05, 0) is 43.0 Å². The van der Waals surface area contributed by atoms with Crippen molar-refractivity contribution in [3.05, 3.63) is 28.7 Å². The molecule has 1 aliphatic rings. The van der Waals surface area contributed by atoms with E-state index in [1.807, 2.05) is 0 Å². The van der Waals surface area contributed by atoms with Gasteiger partial charge < -0.3 is 0 Å². The van der Waals surface area contributed by atoms with Gasteiger partial charge in [0.1, 0.15) is 0 Å². The molecule has 0 aliphatic heterocycles. The number of nitrogens with one attached hydrogen (secondary N) is 1. The van der Waals surface area contributed by atoms with Gasteiger partial charge in [-0.2, -0.15) is 0 Å². The van der Waals surface area contributed by atoms with Crippen molar-refractivity contribution in [2.45, 2.75) is 22.6 Å². The van der Waals surface area contributed by atoms with Gasteiger partial charge in [0.2, 0.25) is 10.0 Å². The van der Waals surface area contributed by atoms with Gasteiger partial charge in [-0.25, -0.2) is 13.1 Å². The molecule has 1 aromatic carbocycles. The maximum Gasteiger partial charge on any atom is 0.240 e. The number of hydrogen-bond donors (Lipinski definition) is 1. The van der Waals surface area contributed by atoms with Crippen molar-refractivity contribution in [2.24, 2.45) is 5.92 Å². The van der Waals surface area contributed by atoms with Crippen LogP contribution in [0.5, 0.6) is 0 Å². The van der Waals surface area contributed by atoms with E-state index in [0.717, 1.165) is 4.47 Å². The molecule has 1 atom stereocenters. The van der Waals surface area contributed by atoms with E-state index in [2.05, 4.69) is 36.6 Å². The maximum absolute atomic E-state index is 11.9. The Morgan fingerprint density at radius 2 is 1.88 bits per heavy atom. The van der Waals surface area contributed by atoms with Gasteiger partial charge in [0.05, 0.1) is 4.90 Å². The summed E-state index contributed by atoms with van der Waals surface area (Å²) in [5.74, 6) is 0.627. The molecule has 3 nitrogen and oxygen atoms in total. The lowest BCUT2D eigenvalue weighted by atomic mass is 10.3. The lowest BCUT2D eigenvalue weighted by Crippen LogP contribution is -2.30. The summed E-state index contributed by atoms with van der Waals surface area (Å²) in [5, 5.41) is 0. The van der Waals surface area contributed by atoms with Gasteiger partial charge in [-0.1, -0.05) is 31.9 Å². The van der Waals surface area contributed by atoms with Crippen LogP contribution < -0.4 is 4.72 Å². The van der Waals surface area contributed by atoms with Crippen LogP contribution in [0.1, 0.15) is 12.8 Å². The van der Waals surface area contributed by atoms with Crippen LogP contribution in [0.2, 0.25) is 0 Å². The van der Waals surface area contributed by atoms with Crippen LogP contribution in [-0.4, -0.2) is 19.8 Å². The number of hydrogen-bond acceptors (Lipinski definition) is 2. The average molecular weight is 383 g/mol. The predicted octanol–water partition coefficient (Wildman–Crippen LogP) is 2.90. The van der Waals surface area contributed by atoms with Crippen molar-refractivity contribution in [3.8, 4) is 0 Å². The van der Waals surface area contributed by atoms with Crippen molar-refractivity contribution in [2.75, 3.05) is 6.54 Å². The largest absolute Gasteiger partial charge is 0.240 e. The quantitative estimate of drug-likeness (QED) is 0.796. The zero-order chi connectivity index (χ0) is 12.5. The van der Waals surface area contributed by atoms with E-state index in [4.69, 9.17) is 0 Å². The maximum atomic E-state index is 11.9. The highest BCUT2D eigenvalue weighted by atomic mass is 79.9. The zero-order valence-electron chi connectivity index (χ0n) is 9.07. The Morgan fingerprint density at radius 3 is 2.41 bits per heavy atom. The van der Waals surface area contributed by atoms with Crippen molar-refractivity contribution in [1.82, 2.24) is 4.72 Å². The normalized spacial score (nSPS) is 18.0. The van der Waals surface area contributed by atoms with Gasteiger partial charge in [0.15, 0.2) is 0 Å². The molecule has 1 N–H and O–H groups in total. The standard InChI is InChI=1S/C11H13Br2NO2S/c12-9-3-5-10(6-4-9)17(15,16)14-7-11(13)8-1-2-8/h3-6,8,11,14H,1-2,7H2. The molecule has 0 aromatic heterocycles. The molecule has 1 fully saturated rings. The van der Waals surface area contributed by atoms with Crippen molar-refractivity contribution >= 4 is 41.9 Å². The van der Waals surface area contributed by atoms with Crippen LogP contribution in [0, 0.1) is 5.92 Å². The number of sulfonamides is 1. The second kappa shape index (κ2) is 5.38. The SMILES string of the molecule is O=S(=O)(NCC(Br)C1CC1)c1ccc(Br)cc1. The molecule has 1 aromatic rings. The number of halogens is 2. The molecule has 0 amide bonds. The fraction of sp³-hybridized carbons (Fsp3) is 0.455. The monoisotopic (exact) mass is 381 g/mol. The molecule has 94 valence electrons. The Labute approximate surface area is 118 Å². The van der Waals surface area contributed by atoms with Crippen molar-refractivity contribution in [1.29, 1.82) is 0 Å². The molecular weight excluding hydrogens is 370 g/mol. The predicted molar refractivity (Wildman–Crippen MR) is 74.8 cm³/mol. The van der Waals surface area contributed by atoms with Gasteiger partial charge in [-0.3, -0.25) is 0 Å². The van der Waals surface area contributed by atoms with Crippen LogP contribution in [0.3, 0.4) is 0 Å². The first-order valence-corrected chi connectivity index (χ1v) is 8.57. The van der Waals surface area contributed by atoms with Gasteiger partial charge in [-0.15, -0.1) is 0 Å². The smallest absolute Gasteiger partial charge is 0.210 e. The highest BCUT2D eigenvalue weighted by Gasteiger charge is 2.30. The van der Waals surface area contributed by atoms with Crippen LogP contribution >= 0.6 is 31.9 Å². The van der Waals surface area contributed by atoms with E-state index in [1.54, 1.807) is 24.3 Å². The minimum absolute atomic E-state index is 0.243. The summed E-state index contributed by atoms with van der Waals surface area (Å²) in [6, 6.07) is 6.63. The van der Waals surface area contributed by atoms with Crippen LogP contribution in [0.4, 0.5) is 0 Å².